The molecule has 108 valence electrons. The van der Waals surface area contributed by atoms with Gasteiger partial charge in [0.05, 0.1) is 13.2 Å². The fraction of sp³-hybridized carbons (Fsp3) is 0.438. The molecular weight excluding hydrogens is 250 g/mol. The van der Waals surface area contributed by atoms with Crippen molar-refractivity contribution in [2.75, 3.05) is 11.9 Å². The minimum Gasteiger partial charge on any atom is -0.494 e. The lowest BCUT2D eigenvalue weighted by molar-refractivity contribution is 0.340. The van der Waals surface area contributed by atoms with Crippen molar-refractivity contribution >= 4 is 5.69 Å². The maximum absolute atomic E-state index is 5.50. The van der Waals surface area contributed by atoms with Gasteiger partial charge < -0.3 is 14.6 Å². The lowest BCUT2D eigenvalue weighted by atomic mass is 10.2. The summed E-state index contributed by atoms with van der Waals surface area (Å²) in [6, 6.07) is 6.12. The highest BCUT2D eigenvalue weighted by Gasteiger charge is 2.04. The standard InChI is InChI=1S/C16H23N3O/c1-4-9-19-10-8-17-16(19)12-18-15-7-6-14(20-5-2)11-13(15)3/h6-8,10-11,18H,4-5,9,12H2,1-3H3. The molecule has 0 radical (unpaired) electrons. The molecule has 0 unspecified atom stereocenters. The van der Waals surface area contributed by atoms with Crippen molar-refractivity contribution in [3.63, 3.8) is 0 Å². The molecule has 0 fully saturated rings. The van der Waals surface area contributed by atoms with Crippen LogP contribution in [-0.4, -0.2) is 16.2 Å². The Morgan fingerprint density at radius 1 is 1.30 bits per heavy atom. The zero-order valence-corrected chi connectivity index (χ0v) is 12.5. The van der Waals surface area contributed by atoms with Gasteiger partial charge in [0.1, 0.15) is 11.6 Å². The summed E-state index contributed by atoms with van der Waals surface area (Å²) in [4.78, 5) is 4.40. The molecule has 4 nitrogen and oxygen atoms in total. The van der Waals surface area contributed by atoms with Crippen molar-refractivity contribution in [2.24, 2.45) is 0 Å². The molecule has 1 aromatic carbocycles. The van der Waals surface area contributed by atoms with Crippen LogP contribution >= 0.6 is 0 Å². The highest BCUT2D eigenvalue weighted by molar-refractivity contribution is 5.53. The minimum absolute atomic E-state index is 0.695. The number of benzene rings is 1. The van der Waals surface area contributed by atoms with Gasteiger partial charge in [-0.05, 0) is 44.0 Å². The summed E-state index contributed by atoms with van der Waals surface area (Å²) >= 11 is 0. The minimum atomic E-state index is 0.695. The predicted molar refractivity (Wildman–Crippen MR) is 82.2 cm³/mol. The Labute approximate surface area is 120 Å². The van der Waals surface area contributed by atoms with E-state index in [4.69, 9.17) is 4.74 Å². The number of nitrogens with zero attached hydrogens (tertiary/aromatic N) is 2. The summed E-state index contributed by atoms with van der Waals surface area (Å²) in [5, 5.41) is 3.44. The van der Waals surface area contributed by atoms with E-state index in [0.29, 0.717) is 6.61 Å². The highest BCUT2D eigenvalue weighted by atomic mass is 16.5. The van der Waals surface area contributed by atoms with Gasteiger partial charge in [-0.25, -0.2) is 4.98 Å². The van der Waals surface area contributed by atoms with Crippen LogP contribution in [0.4, 0.5) is 5.69 Å². The molecule has 4 heteroatoms. The van der Waals surface area contributed by atoms with Gasteiger partial charge in [0.2, 0.25) is 0 Å². The molecule has 0 bridgehead atoms. The van der Waals surface area contributed by atoms with Crippen molar-refractivity contribution in [3.05, 3.63) is 42.0 Å². The quantitative estimate of drug-likeness (QED) is 0.837. The molecule has 1 heterocycles. The van der Waals surface area contributed by atoms with Crippen LogP contribution in [-0.2, 0) is 13.1 Å². The summed E-state index contributed by atoms with van der Waals surface area (Å²) in [5.74, 6) is 1.99. The van der Waals surface area contributed by atoms with Gasteiger partial charge in [-0.15, -0.1) is 0 Å². The molecule has 1 N–H and O–H groups in total. The van der Waals surface area contributed by atoms with Crippen LogP contribution in [0.2, 0.25) is 0 Å². The summed E-state index contributed by atoms with van der Waals surface area (Å²) in [6.45, 7) is 8.70. The van der Waals surface area contributed by atoms with Gasteiger partial charge in [0.25, 0.3) is 0 Å². The van der Waals surface area contributed by atoms with Gasteiger partial charge in [-0.3, -0.25) is 0 Å². The van der Waals surface area contributed by atoms with E-state index in [2.05, 4.69) is 40.8 Å². The summed E-state index contributed by atoms with van der Waals surface area (Å²) in [7, 11) is 0. The number of ether oxygens (including phenoxy) is 1. The molecule has 0 saturated heterocycles. The fourth-order valence-corrected chi connectivity index (χ4v) is 2.22. The second kappa shape index (κ2) is 6.98. The maximum Gasteiger partial charge on any atom is 0.128 e. The van der Waals surface area contributed by atoms with Crippen LogP contribution in [0, 0.1) is 6.92 Å². The van der Waals surface area contributed by atoms with Crippen molar-refractivity contribution in [1.82, 2.24) is 9.55 Å². The molecule has 20 heavy (non-hydrogen) atoms. The number of rotatable bonds is 7. The number of aryl methyl sites for hydroxylation is 2. The Bertz CT molecular complexity index is 548. The smallest absolute Gasteiger partial charge is 0.128 e. The topological polar surface area (TPSA) is 39.1 Å². The van der Waals surface area contributed by atoms with Crippen molar-refractivity contribution < 1.29 is 4.74 Å². The molecule has 0 amide bonds. The van der Waals surface area contributed by atoms with E-state index in [1.807, 2.05) is 25.4 Å². The van der Waals surface area contributed by atoms with E-state index >= 15 is 0 Å². The lowest BCUT2D eigenvalue weighted by Crippen LogP contribution is -2.09. The average molecular weight is 273 g/mol. The molecule has 0 aliphatic heterocycles. The van der Waals surface area contributed by atoms with Gasteiger partial charge in [-0.1, -0.05) is 6.92 Å². The van der Waals surface area contributed by atoms with Crippen LogP contribution in [0.1, 0.15) is 31.7 Å². The number of imidazole rings is 1. The zero-order valence-electron chi connectivity index (χ0n) is 12.5. The summed E-state index contributed by atoms with van der Waals surface area (Å²) in [6.07, 6.45) is 5.01. The van der Waals surface area contributed by atoms with E-state index in [9.17, 15) is 0 Å². The van der Waals surface area contributed by atoms with Gasteiger partial charge in [0.15, 0.2) is 0 Å². The van der Waals surface area contributed by atoms with E-state index in [-0.39, 0.29) is 0 Å². The molecule has 0 spiro atoms. The molecule has 1 aromatic heterocycles. The van der Waals surface area contributed by atoms with Crippen molar-refractivity contribution in [1.29, 1.82) is 0 Å². The van der Waals surface area contributed by atoms with Gasteiger partial charge in [-0.2, -0.15) is 0 Å². The van der Waals surface area contributed by atoms with Gasteiger partial charge in [0, 0.05) is 24.6 Å². The molecule has 0 aliphatic rings. The Kier molecular flexibility index (Phi) is 5.04. The number of hydrogen-bond acceptors (Lipinski definition) is 3. The molecule has 0 saturated carbocycles. The average Bonchev–Trinajstić information content (AvgIpc) is 2.86. The van der Waals surface area contributed by atoms with Crippen molar-refractivity contribution in [3.8, 4) is 5.75 Å². The first-order valence-corrected chi connectivity index (χ1v) is 7.22. The Morgan fingerprint density at radius 2 is 2.15 bits per heavy atom. The first-order chi connectivity index (χ1) is 9.74. The highest BCUT2D eigenvalue weighted by Crippen LogP contribution is 2.21. The third kappa shape index (κ3) is 3.53. The van der Waals surface area contributed by atoms with E-state index in [1.54, 1.807) is 0 Å². The SMILES string of the molecule is CCCn1ccnc1CNc1ccc(OCC)cc1C. The lowest BCUT2D eigenvalue weighted by Gasteiger charge is -2.12. The zero-order chi connectivity index (χ0) is 14.4. The third-order valence-electron chi connectivity index (χ3n) is 3.21. The largest absolute Gasteiger partial charge is 0.494 e. The molecule has 2 rings (SSSR count). The summed E-state index contributed by atoms with van der Waals surface area (Å²) in [5.41, 5.74) is 2.31. The molecular formula is C16H23N3O. The fourth-order valence-electron chi connectivity index (χ4n) is 2.22. The Morgan fingerprint density at radius 3 is 2.85 bits per heavy atom. The van der Waals surface area contributed by atoms with E-state index < -0.39 is 0 Å². The van der Waals surface area contributed by atoms with Crippen LogP contribution in [0.5, 0.6) is 5.75 Å². The molecule has 2 aromatic rings. The first-order valence-electron chi connectivity index (χ1n) is 7.22. The van der Waals surface area contributed by atoms with Gasteiger partial charge >= 0.3 is 0 Å². The van der Waals surface area contributed by atoms with Crippen LogP contribution in [0.3, 0.4) is 0 Å². The predicted octanol–water partition coefficient (Wildman–Crippen LogP) is 3.61. The van der Waals surface area contributed by atoms with Crippen LogP contribution in [0.15, 0.2) is 30.6 Å². The maximum atomic E-state index is 5.50. The third-order valence-corrected chi connectivity index (χ3v) is 3.21. The van der Waals surface area contributed by atoms with Crippen LogP contribution in [0.25, 0.3) is 0 Å². The number of aromatic nitrogens is 2. The molecule has 0 atom stereocenters. The number of nitrogens with one attached hydrogen (secondary N) is 1. The number of anilines is 1. The van der Waals surface area contributed by atoms with E-state index in [1.165, 1.54) is 5.56 Å². The second-order valence-corrected chi connectivity index (χ2v) is 4.80. The number of hydrogen-bond donors (Lipinski definition) is 1. The Balaban J connectivity index is 2.01. The Hall–Kier alpha value is -1.97. The summed E-state index contributed by atoms with van der Waals surface area (Å²) < 4.78 is 7.69. The van der Waals surface area contributed by atoms with Crippen LogP contribution < -0.4 is 10.1 Å². The normalized spacial score (nSPS) is 10.6. The van der Waals surface area contributed by atoms with E-state index in [0.717, 1.165) is 36.8 Å². The molecule has 0 aliphatic carbocycles. The second-order valence-electron chi connectivity index (χ2n) is 4.80. The van der Waals surface area contributed by atoms with Crippen molar-refractivity contribution in [2.45, 2.75) is 40.3 Å². The monoisotopic (exact) mass is 273 g/mol. The first kappa shape index (κ1) is 14.4.